The van der Waals surface area contributed by atoms with Crippen LogP contribution in [0.4, 0.5) is 0 Å². The van der Waals surface area contributed by atoms with Crippen molar-refractivity contribution in [3.63, 3.8) is 0 Å². The van der Waals surface area contributed by atoms with Crippen LogP contribution in [-0.4, -0.2) is 45.5 Å². The predicted molar refractivity (Wildman–Crippen MR) is 95.5 cm³/mol. The molecular weight excluding hydrogens is 340 g/mol. The number of hydrogen-bond acceptors (Lipinski definition) is 6. The summed E-state index contributed by atoms with van der Waals surface area (Å²) in [6.07, 6.45) is 2.36. The molecule has 0 saturated carbocycles. The maximum atomic E-state index is 12.2. The first-order valence-electron chi connectivity index (χ1n) is 8.02. The van der Waals surface area contributed by atoms with E-state index in [1.807, 2.05) is 48.7 Å². The standard InChI is InChI=1S/C17H22N4O3S/c1-4-12(2)15(16(23)24-3)19-14(22)10-25-17-20-18-11-21(17)13-8-6-5-7-9-13/h5-9,11-12,15H,4,10H2,1-3H3,(H,19,22)/t12-,15+/m0/s1. The molecule has 0 fully saturated rings. The average molecular weight is 362 g/mol. The fourth-order valence-corrected chi connectivity index (χ4v) is 2.97. The SMILES string of the molecule is CC[C@H](C)[C@@H](NC(=O)CSc1nncn1-c1ccccc1)C(=O)OC. The number of thioether (sulfide) groups is 1. The van der Waals surface area contributed by atoms with E-state index in [2.05, 4.69) is 15.5 Å². The van der Waals surface area contributed by atoms with E-state index in [1.165, 1.54) is 18.9 Å². The van der Waals surface area contributed by atoms with Crippen LogP contribution in [0.15, 0.2) is 41.8 Å². The van der Waals surface area contributed by atoms with E-state index in [-0.39, 0.29) is 17.6 Å². The van der Waals surface area contributed by atoms with Gasteiger partial charge in [0.1, 0.15) is 12.4 Å². The zero-order valence-corrected chi connectivity index (χ0v) is 15.3. The molecule has 0 aliphatic carbocycles. The van der Waals surface area contributed by atoms with Crippen molar-refractivity contribution >= 4 is 23.6 Å². The second-order valence-electron chi connectivity index (χ2n) is 5.56. The second-order valence-corrected chi connectivity index (χ2v) is 6.50. The third-order valence-electron chi connectivity index (χ3n) is 3.87. The molecule has 0 bridgehead atoms. The summed E-state index contributed by atoms with van der Waals surface area (Å²) >= 11 is 1.26. The molecule has 8 heteroatoms. The number of benzene rings is 1. The van der Waals surface area contributed by atoms with Gasteiger partial charge in [0.15, 0.2) is 5.16 Å². The van der Waals surface area contributed by atoms with Gasteiger partial charge in [-0.15, -0.1) is 10.2 Å². The monoisotopic (exact) mass is 362 g/mol. The van der Waals surface area contributed by atoms with Crippen molar-refractivity contribution in [3.05, 3.63) is 36.7 Å². The van der Waals surface area contributed by atoms with E-state index in [1.54, 1.807) is 6.33 Å². The highest BCUT2D eigenvalue weighted by Gasteiger charge is 2.26. The summed E-state index contributed by atoms with van der Waals surface area (Å²) in [5.41, 5.74) is 0.919. The van der Waals surface area contributed by atoms with E-state index >= 15 is 0 Å². The van der Waals surface area contributed by atoms with E-state index < -0.39 is 12.0 Å². The molecule has 1 heterocycles. The number of carbonyl (C=O) groups is 2. The van der Waals surface area contributed by atoms with Crippen molar-refractivity contribution in [1.29, 1.82) is 0 Å². The van der Waals surface area contributed by atoms with Crippen LogP contribution in [0, 0.1) is 5.92 Å². The van der Waals surface area contributed by atoms with Crippen LogP contribution in [0.25, 0.3) is 5.69 Å². The minimum absolute atomic E-state index is 0.00521. The van der Waals surface area contributed by atoms with E-state index in [0.717, 1.165) is 12.1 Å². The number of ether oxygens (including phenoxy) is 1. The average Bonchev–Trinajstić information content (AvgIpc) is 3.12. The van der Waals surface area contributed by atoms with E-state index in [9.17, 15) is 9.59 Å². The fourth-order valence-electron chi connectivity index (χ4n) is 2.23. The van der Waals surface area contributed by atoms with Crippen LogP contribution in [-0.2, 0) is 14.3 Å². The van der Waals surface area contributed by atoms with Gasteiger partial charge in [-0.1, -0.05) is 50.2 Å². The second kappa shape index (κ2) is 9.22. The molecule has 7 nitrogen and oxygen atoms in total. The number of para-hydroxylation sites is 1. The summed E-state index contributed by atoms with van der Waals surface area (Å²) in [4.78, 5) is 24.1. The number of hydrogen-bond donors (Lipinski definition) is 1. The van der Waals surface area contributed by atoms with Gasteiger partial charge in [0.05, 0.1) is 12.9 Å². The maximum Gasteiger partial charge on any atom is 0.328 e. The van der Waals surface area contributed by atoms with Crippen molar-refractivity contribution in [3.8, 4) is 5.69 Å². The number of aromatic nitrogens is 3. The molecule has 0 radical (unpaired) electrons. The molecule has 0 saturated heterocycles. The summed E-state index contributed by atoms with van der Waals surface area (Å²) in [5.74, 6) is -0.548. The molecular formula is C17H22N4O3S. The third kappa shape index (κ3) is 5.06. The molecule has 1 aromatic carbocycles. The fraction of sp³-hybridized carbons (Fsp3) is 0.412. The molecule has 0 aliphatic heterocycles. The Morgan fingerprint density at radius 1 is 1.32 bits per heavy atom. The Hall–Kier alpha value is -2.35. The Morgan fingerprint density at radius 2 is 2.04 bits per heavy atom. The summed E-state index contributed by atoms with van der Waals surface area (Å²) in [6, 6.07) is 8.99. The minimum Gasteiger partial charge on any atom is -0.467 e. The molecule has 1 amide bonds. The van der Waals surface area contributed by atoms with Gasteiger partial charge in [-0.25, -0.2) is 4.79 Å². The number of methoxy groups -OCH3 is 1. The van der Waals surface area contributed by atoms with Crippen molar-refractivity contribution in [1.82, 2.24) is 20.1 Å². The van der Waals surface area contributed by atoms with Gasteiger partial charge in [0.25, 0.3) is 0 Å². The lowest BCUT2D eigenvalue weighted by Gasteiger charge is -2.21. The molecule has 1 N–H and O–H groups in total. The summed E-state index contributed by atoms with van der Waals surface area (Å²) in [6.45, 7) is 3.87. The zero-order chi connectivity index (χ0) is 18.2. The third-order valence-corrected chi connectivity index (χ3v) is 4.81. The van der Waals surface area contributed by atoms with E-state index in [4.69, 9.17) is 4.74 Å². The van der Waals surface area contributed by atoms with Gasteiger partial charge in [-0.2, -0.15) is 0 Å². The van der Waals surface area contributed by atoms with Crippen molar-refractivity contribution < 1.29 is 14.3 Å². The number of esters is 1. The smallest absolute Gasteiger partial charge is 0.328 e. The summed E-state index contributed by atoms with van der Waals surface area (Å²) < 4.78 is 6.59. The van der Waals surface area contributed by atoms with Crippen molar-refractivity contribution in [2.24, 2.45) is 5.92 Å². The number of rotatable bonds is 8. The number of carbonyl (C=O) groups excluding carboxylic acids is 2. The molecule has 2 aromatic rings. The topological polar surface area (TPSA) is 86.1 Å². The van der Waals surface area contributed by atoms with Gasteiger partial charge in [0, 0.05) is 5.69 Å². The number of nitrogens with one attached hydrogen (secondary N) is 1. The Balaban J connectivity index is 1.99. The van der Waals surface area contributed by atoms with Crippen LogP contribution in [0.5, 0.6) is 0 Å². The van der Waals surface area contributed by atoms with Gasteiger partial charge >= 0.3 is 5.97 Å². The Labute approximate surface area is 151 Å². The Morgan fingerprint density at radius 3 is 2.68 bits per heavy atom. The lowest BCUT2D eigenvalue weighted by Crippen LogP contribution is -2.46. The van der Waals surface area contributed by atoms with Gasteiger partial charge in [-0.3, -0.25) is 9.36 Å². The Bertz CT molecular complexity index is 705. The van der Waals surface area contributed by atoms with Crippen LogP contribution >= 0.6 is 11.8 Å². The highest BCUT2D eigenvalue weighted by molar-refractivity contribution is 7.99. The normalized spacial score (nSPS) is 13.1. The first-order valence-corrected chi connectivity index (χ1v) is 9.00. The summed E-state index contributed by atoms with van der Waals surface area (Å²) in [5, 5.41) is 11.3. The number of nitrogens with zero attached hydrogens (tertiary/aromatic N) is 3. The van der Waals surface area contributed by atoms with Crippen molar-refractivity contribution in [2.75, 3.05) is 12.9 Å². The first-order chi connectivity index (χ1) is 12.1. The molecule has 0 aliphatic rings. The molecule has 134 valence electrons. The minimum atomic E-state index is -0.643. The Kier molecular flexibility index (Phi) is 7.00. The lowest BCUT2D eigenvalue weighted by molar-refractivity contribution is -0.146. The van der Waals surface area contributed by atoms with Crippen LogP contribution in [0.2, 0.25) is 0 Å². The maximum absolute atomic E-state index is 12.2. The van der Waals surface area contributed by atoms with Gasteiger partial charge < -0.3 is 10.1 Å². The quantitative estimate of drug-likeness (QED) is 0.571. The lowest BCUT2D eigenvalue weighted by atomic mass is 9.99. The van der Waals surface area contributed by atoms with E-state index in [0.29, 0.717) is 5.16 Å². The molecule has 2 atom stereocenters. The largest absolute Gasteiger partial charge is 0.467 e. The number of amides is 1. The van der Waals surface area contributed by atoms with Crippen LogP contribution in [0.1, 0.15) is 20.3 Å². The highest BCUT2D eigenvalue weighted by atomic mass is 32.2. The summed E-state index contributed by atoms with van der Waals surface area (Å²) in [7, 11) is 1.32. The predicted octanol–water partition coefficient (Wildman–Crippen LogP) is 2.06. The first kappa shape index (κ1) is 19.0. The van der Waals surface area contributed by atoms with Crippen LogP contribution < -0.4 is 5.32 Å². The molecule has 2 rings (SSSR count). The molecule has 0 unspecified atom stereocenters. The zero-order valence-electron chi connectivity index (χ0n) is 14.5. The molecule has 1 aromatic heterocycles. The molecule has 0 spiro atoms. The highest BCUT2D eigenvalue weighted by Crippen LogP contribution is 2.19. The van der Waals surface area contributed by atoms with Gasteiger partial charge in [-0.05, 0) is 18.1 Å². The van der Waals surface area contributed by atoms with Gasteiger partial charge in [0.2, 0.25) is 5.91 Å². The van der Waals surface area contributed by atoms with Crippen molar-refractivity contribution in [2.45, 2.75) is 31.5 Å². The molecule has 25 heavy (non-hydrogen) atoms. The van der Waals surface area contributed by atoms with Crippen LogP contribution in [0.3, 0.4) is 0 Å².